The lowest BCUT2D eigenvalue weighted by atomic mass is 10.1. The van der Waals surface area contributed by atoms with Gasteiger partial charge in [-0.25, -0.2) is 4.57 Å². The summed E-state index contributed by atoms with van der Waals surface area (Å²) in [5, 5.41) is 0.293. The van der Waals surface area contributed by atoms with E-state index in [2.05, 4.69) is 0 Å². The maximum atomic E-state index is 12.7. The molecule has 0 radical (unpaired) electrons. The molecule has 0 N–H and O–H groups in total. The fourth-order valence-electron chi connectivity index (χ4n) is 2.34. The molecule has 1 heterocycles. The molecule has 0 unspecified atom stereocenters. The first-order valence-corrected chi connectivity index (χ1v) is 8.20. The van der Waals surface area contributed by atoms with Gasteiger partial charge in [0, 0.05) is 12.0 Å². The van der Waals surface area contributed by atoms with Crippen LogP contribution in [-0.4, -0.2) is 16.3 Å². The molecule has 23 heavy (non-hydrogen) atoms. The number of ketones is 1. The minimum atomic E-state index is -0.471. The molecule has 0 atom stereocenters. The van der Waals surface area contributed by atoms with E-state index in [9.17, 15) is 14.4 Å². The number of aromatic nitrogens is 1. The Morgan fingerprint density at radius 2 is 1.91 bits per heavy atom. The van der Waals surface area contributed by atoms with Crippen molar-refractivity contribution in [3.8, 4) is 0 Å². The van der Waals surface area contributed by atoms with Crippen LogP contribution < -0.4 is 4.87 Å². The summed E-state index contributed by atoms with van der Waals surface area (Å²) in [4.78, 5) is 36.3. The van der Waals surface area contributed by atoms with Crippen LogP contribution in [-0.2, 0) is 0 Å². The average Bonchev–Trinajstić information content (AvgIpc) is 2.88. The first-order valence-electron chi connectivity index (χ1n) is 7.01. The van der Waals surface area contributed by atoms with E-state index in [0.717, 1.165) is 15.9 Å². The number of carbonyl (C=O) groups excluding carboxylic acids is 2. The third-order valence-electron chi connectivity index (χ3n) is 3.53. The number of benzene rings is 2. The van der Waals surface area contributed by atoms with Crippen LogP contribution in [0.1, 0.15) is 34.1 Å². The second kappa shape index (κ2) is 6.10. The van der Waals surface area contributed by atoms with Crippen molar-refractivity contribution in [2.24, 2.45) is 0 Å². The molecule has 0 fully saturated rings. The average molecular weight is 346 g/mol. The van der Waals surface area contributed by atoms with Gasteiger partial charge in [-0.2, -0.15) is 0 Å². The van der Waals surface area contributed by atoms with E-state index in [4.69, 9.17) is 11.6 Å². The molecule has 6 heteroatoms. The molecule has 0 aliphatic heterocycles. The first-order chi connectivity index (χ1) is 11.0. The summed E-state index contributed by atoms with van der Waals surface area (Å²) in [5.74, 6) is -0.474. The van der Waals surface area contributed by atoms with E-state index in [1.165, 1.54) is 0 Å². The van der Waals surface area contributed by atoms with E-state index < -0.39 is 10.8 Å². The van der Waals surface area contributed by atoms with Gasteiger partial charge in [-0.15, -0.1) is 0 Å². The topological polar surface area (TPSA) is 56.1 Å². The van der Waals surface area contributed by atoms with Crippen LogP contribution in [0.2, 0.25) is 5.02 Å². The highest BCUT2D eigenvalue weighted by atomic mass is 35.5. The number of nitrogens with zero attached hydrogens (tertiary/aromatic N) is 1. The number of fused-ring (bicyclic) bond motifs is 1. The summed E-state index contributed by atoms with van der Waals surface area (Å²) in [5.41, 5.74) is 1.29. The smallest absolute Gasteiger partial charge is 0.294 e. The Kier molecular flexibility index (Phi) is 4.15. The fraction of sp³-hybridized carbons (Fsp3) is 0.118. The number of Topliss-reactive ketones (excluding diaryl/α,β-unsaturated/α-hetero) is 1. The molecule has 0 spiro atoms. The molecule has 0 aliphatic carbocycles. The van der Waals surface area contributed by atoms with Gasteiger partial charge in [0.15, 0.2) is 5.78 Å². The Labute approximate surface area is 140 Å². The summed E-state index contributed by atoms with van der Waals surface area (Å²) in [7, 11) is 0. The monoisotopic (exact) mass is 345 g/mol. The molecule has 0 saturated carbocycles. The van der Waals surface area contributed by atoms with Gasteiger partial charge in [0.2, 0.25) is 0 Å². The summed E-state index contributed by atoms with van der Waals surface area (Å²) in [6.07, 6.45) is 0.389. The van der Waals surface area contributed by atoms with Crippen LogP contribution in [0.15, 0.2) is 47.3 Å². The maximum absolute atomic E-state index is 12.7. The van der Waals surface area contributed by atoms with Crippen LogP contribution in [0, 0.1) is 0 Å². The van der Waals surface area contributed by atoms with E-state index >= 15 is 0 Å². The third-order valence-corrected chi connectivity index (χ3v) is 4.76. The lowest BCUT2D eigenvalue weighted by Crippen LogP contribution is -2.22. The SMILES string of the molecule is CCC(=O)c1ccc2c(c1)sc(=O)n2C(=O)c1ccccc1Cl. The van der Waals surface area contributed by atoms with Gasteiger partial charge < -0.3 is 0 Å². The van der Waals surface area contributed by atoms with E-state index in [0.29, 0.717) is 27.2 Å². The van der Waals surface area contributed by atoms with Gasteiger partial charge in [0.1, 0.15) is 0 Å². The molecule has 116 valence electrons. The number of thiazole rings is 1. The van der Waals surface area contributed by atoms with Crippen molar-refractivity contribution in [3.05, 3.63) is 68.3 Å². The minimum absolute atomic E-state index is 0.00303. The van der Waals surface area contributed by atoms with Crippen molar-refractivity contribution in [1.82, 2.24) is 4.57 Å². The van der Waals surface area contributed by atoms with Gasteiger partial charge in [-0.3, -0.25) is 14.4 Å². The summed E-state index contributed by atoms with van der Waals surface area (Å²) < 4.78 is 1.70. The van der Waals surface area contributed by atoms with Crippen molar-refractivity contribution in [2.45, 2.75) is 13.3 Å². The normalized spacial score (nSPS) is 10.9. The molecule has 0 bridgehead atoms. The summed E-state index contributed by atoms with van der Waals surface area (Å²) >= 11 is 6.99. The standard InChI is InChI=1S/C17H12ClNO3S/c1-2-14(20)10-7-8-13-15(9-10)23-17(22)19(13)16(21)11-5-3-4-6-12(11)18/h3-9H,2H2,1H3. The highest BCUT2D eigenvalue weighted by Gasteiger charge is 2.19. The molecule has 2 aromatic carbocycles. The number of hydrogen-bond donors (Lipinski definition) is 0. The molecular weight excluding hydrogens is 334 g/mol. The number of hydrogen-bond acceptors (Lipinski definition) is 4. The number of rotatable bonds is 3. The second-order valence-electron chi connectivity index (χ2n) is 4.95. The van der Waals surface area contributed by atoms with E-state index in [1.54, 1.807) is 49.4 Å². The maximum Gasteiger partial charge on any atom is 0.315 e. The van der Waals surface area contributed by atoms with Gasteiger partial charge in [0.05, 0.1) is 20.8 Å². The molecule has 1 aromatic heterocycles. The molecule has 0 aliphatic rings. The highest BCUT2D eigenvalue weighted by molar-refractivity contribution is 7.16. The first kappa shape index (κ1) is 15.6. The van der Waals surface area contributed by atoms with Gasteiger partial charge in [-0.05, 0) is 30.3 Å². The second-order valence-corrected chi connectivity index (χ2v) is 6.35. The molecule has 3 aromatic rings. The zero-order valence-corrected chi connectivity index (χ0v) is 13.8. The lowest BCUT2D eigenvalue weighted by molar-refractivity contribution is 0.0961. The fourth-order valence-corrected chi connectivity index (χ4v) is 3.47. The molecule has 4 nitrogen and oxygen atoms in total. The predicted octanol–water partition coefficient (Wildman–Crippen LogP) is 4.00. The zero-order valence-electron chi connectivity index (χ0n) is 12.2. The van der Waals surface area contributed by atoms with Crippen LogP contribution in [0.25, 0.3) is 10.2 Å². The van der Waals surface area contributed by atoms with Crippen molar-refractivity contribution in [2.75, 3.05) is 0 Å². The van der Waals surface area contributed by atoms with Crippen molar-refractivity contribution >= 4 is 44.8 Å². The highest BCUT2D eigenvalue weighted by Crippen LogP contribution is 2.23. The van der Waals surface area contributed by atoms with E-state index in [1.807, 2.05) is 0 Å². The van der Waals surface area contributed by atoms with Crippen molar-refractivity contribution in [3.63, 3.8) is 0 Å². The Hall–Kier alpha value is -2.24. The van der Waals surface area contributed by atoms with Crippen LogP contribution >= 0.6 is 22.9 Å². The Bertz CT molecular complexity index is 987. The predicted molar refractivity (Wildman–Crippen MR) is 91.9 cm³/mol. The van der Waals surface area contributed by atoms with Crippen LogP contribution in [0.3, 0.4) is 0 Å². The number of halogens is 1. The number of carbonyl (C=O) groups is 2. The molecule has 0 amide bonds. The molecule has 0 saturated heterocycles. The van der Waals surface area contributed by atoms with Gasteiger partial charge in [-0.1, -0.05) is 42.0 Å². The quantitative estimate of drug-likeness (QED) is 0.674. The Morgan fingerprint density at radius 3 is 2.61 bits per heavy atom. The molecule has 3 rings (SSSR count). The Balaban J connectivity index is 2.17. The largest absolute Gasteiger partial charge is 0.315 e. The van der Waals surface area contributed by atoms with Crippen molar-refractivity contribution in [1.29, 1.82) is 0 Å². The van der Waals surface area contributed by atoms with Crippen LogP contribution in [0.5, 0.6) is 0 Å². The van der Waals surface area contributed by atoms with Crippen molar-refractivity contribution < 1.29 is 9.59 Å². The third kappa shape index (κ3) is 2.73. The van der Waals surface area contributed by atoms with Crippen LogP contribution in [0.4, 0.5) is 0 Å². The van der Waals surface area contributed by atoms with Gasteiger partial charge in [0.25, 0.3) is 5.91 Å². The van der Waals surface area contributed by atoms with E-state index in [-0.39, 0.29) is 11.3 Å². The zero-order chi connectivity index (χ0) is 16.6. The van der Waals surface area contributed by atoms with Gasteiger partial charge >= 0.3 is 4.87 Å². The lowest BCUT2D eigenvalue weighted by Gasteiger charge is -2.05. The molecular formula is C17H12ClNO3S. The summed E-state index contributed by atoms with van der Waals surface area (Å²) in [6.45, 7) is 1.78. The Morgan fingerprint density at radius 1 is 1.17 bits per heavy atom. The minimum Gasteiger partial charge on any atom is -0.294 e. The summed E-state index contributed by atoms with van der Waals surface area (Å²) in [6, 6.07) is 11.5.